The first-order chi connectivity index (χ1) is 28.0. The Balaban J connectivity index is 3.34. The van der Waals surface area contributed by atoms with Gasteiger partial charge < -0.3 is 77.5 Å². The molecule has 338 valence electrons. The average molecular weight is 830 g/mol. The topological polar surface area (TPSA) is 212 Å². The second-order valence-corrected chi connectivity index (χ2v) is 12.0. The molecule has 0 saturated heterocycles. The maximum atomic E-state index is 12.5. The van der Waals surface area contributed by atoms with E-state index in [1.165, 1.54) is 0 Å². The van der Waals surface area contributed by atoms with E-state index in [4.69, 9.17) is 67.3 Å². The number of rotatable bonds is 47. The Kier molecular flexibility index (Phi) is 44.9. The van der Waals surface area contributed by atoms with Crippen molar-refractivity contribution in [3.8, 4) is 0 Å². The van der Waals surface area contributed by atoms with Crippen LogP contribution in [0.15, 0.2) is 0 Å². The molecular formula is C38H75N3O16. The van der Waals surface area contributed by atoms with E-state index < -0.39 is 0 Å². The van der Waals surface area contributed by atoms with Crippen LogP contribution in [0.4, 0.5) is 0 Å². The molecule has 0 aliphatic carbocycles. The minimum absolute atomic E-state index is 0.0508. The Morgan fingerprint density at radius 1 is 0.474 bits per heavy atom. The van der Waals surface area contributed by atoms with Gasteiger partial charge in [-0.05, 0) is 26.3 Å². The van der Waals surface area contributed by atoms with Crippen molar-refractivity contribution in [2.45, 2.75) is 39.0 Å². The van der Waals surface area contributed by atoms with Crippen LogP contribution in [0.25, 0.3) is 0 Å². The highest BCUT2D eigenvalue weighted by Gasteiger charge is 2.15. The molecule has 0 fully saturated rings. The van der Waals surface area contributed by atoms with Gasteiger partial charge in [0.1, 0.15) is 0 Å². The minimum Gasteiger partial charge on any atom is -0.466 e. The van der Waals surface area contributed by atoms with Gasteiger partial charge >= 0.3 is 5.97 Å². The molecule has 0 aromatic heterocycles. The standard InChI is InChI=1S/C38H75N3O16/c1-3-57-38(44)7-6-37(43)41(11-4-9-39)12-5-10-40-36(42)8-13-46-16-17-48-20-21-50-24-25-52-28-29-54-32-33-56-35-34-55-31-30-53-27-26-51-23-22-49-19-18-47-15-14-45-2/h3-35,39H2,1-2H3,(H,40,42). The summed E-state index contributed by atoms with van der Waals surface area (Å²) >= 11 is 0. The first kappa shape index (κ1) is 54.9. The molecule has 0 saturated carbocycles. The number of carbonyl (C=O) groups is 3. The zero-order valence-electron chi connectivity index (χ0n) is 34.9. The number of nitrogens with zero attached hydrogens (tertiary/aromatic N) is 1. The largest absolute Gasteiger partial charge is 0.466 e. The summed E-state index contributed by atoms with van der Waals surface area (Å²) in [6.07, 6.45) is 1.63. The molecule has 0 heterocycles. The quantitative estimate of drug-likeness (QED) is 0.0621. The normalized spacial score (nSPS) is 11.3. The third kappa shape index (κ3) is 43.3. The monoisotopic (exact) mass is 830 g/mol. The lowest BCUT2D eigenvalue weighted by Gasteiger charge is -2.22. The lowest BCUT2D eigenvalue weighted by atomic mass is 10.2. The Labute approximate surface area is 340 Å². The molecular weight excluding hydrogens is 754 g/mol. The van der Waals surface area contributed by atoms with E-state index in [1.54, 1.807) is 18.9 Å². The number of hydrogen-bond acceptors (Lipinski definition) is 17. The molecule has 0 spiro atoms. The molecule has 0 aliphatic heterocycles. The van der Waals surface area contributed by atoms with Crippen molar-refractivity contribution in [3.05, 3.63) is 0 Å². The van der Waals surface area contributed by atoms with Crippen molar-refractivity contribution in [2.75, 3.05) is 192 Å². The van der Waals surface area contributed by atoms with Crippen LogP contribution in [0, 0.1) is 0 Å². The fourth-order valence-corrected chi connectivity index (χ4v) is 4.44. The van der Waals surface area contributed by atoms with E-state index in [0.717, 1.165) is 0 Å². The molecule has 3 N–H and O–H groups in total. The number of ether oxygens (including phenoxy) is 13. The average Bonchev–Trinajstić information content (AvgIpc) is 3.21. The van der Waals surface area contributed by atoms with Crippen molar-refractivity contribution < 1.29 is 76.0 Å². The van der Waals surface area contributed by atoms with Crippen LogP contribution in [0.2, 0.25) is 0 Å². The zero-order valence-corrected chi connectivity index (χ0v) is 34.9. The summed E-state index contributed by atoms with van der Waals surface area (Å²) in [5.74, 6) is -0.636. The van der Waals surface area contributed by atoms with Gasteiger partial charge in [-0.3, -0.25) is 14.4 Å². The molecule has 0 aromatic rings. The molecule has 0 rings (SSSR count). The summed E-state index contributed by atoms with van der Waals surface area (Å²) < 4.78 is 69.7. The SMILES string of the molecule is CCOC(=O)CCC(=O)N(CCCN)CCCNC(=O)CCOCCOCCOCCOCCOCCOCCOCCOCCOCCOCCOCCOC. The number of esters is 1. The van der Waals surface area contributed by atoms with Crippen molar-refractivity contribution in [2.24, 2.45) is 5.73 Å². The minimum atomic E-state index is -0.387. The van der Waals surface area contributed by atoms with Crippen LogP contribution in [0.1, 0.15) is 39.0 Å². The van der Waals surface area contributed by atoms with Crippen LogP contribution < -0.4 is 11.1 Å². The molecule has 2 amide bonds. The molecule has 0 atom stereocenters. The summed E-state index contributed by atoms with van der Waals surface area (Å²) in [4.78, 5) is 37.8. The number of nitrogens with one attached hydrogen (secondary N) is 1. The molecule has 0 unspecified atom stereocenters. The summed E-state index contributed by atoms with van der Waals surface area (Å²) in [5, 5.41) is 2.84. The van der Waals surface area contributed by atoms with Gasteiger partial charge in [0.05, 0.1) is 165 Å². The van der Waals surface area contributed by atoms with E-state index in [0.29, 0.717) is 184 Å². The second kappa shape index (κ2) is 46.6. The highest BCUT2D eigenvalue weighted by Crippen LogP contribution is 2.03. The predicted molar refractivity (Wildman–Crippen MR) is 209 cm³/mol. The highest BCUT2D eigenvalue weighted by atomic mass is 16.6. The first-order valence-corrected chi connectivity index (χ1v) is 20.3. The lowest BCUT2D eigenvalue weighted by molar-refractivity contribution is -0.145. The van der Waals surface area contributed by atoms with E-state index in [2.05, 4.69) is 5.32 Å². The molecule has 19 heteroatoms. The van der Waals surface area contributed by atoms with Crippen molar-refractivity contribution in [3.63, 3.8) is 0 Å². The Morgan fingerprint density at radius 2 is 0.825 bits per heavy atom. The van der Waals surface area contributed by atoms with Crippen LogP contribution >= 0.6 is 0 Å². The maximum Gasteiger partial charge on any atom is 0.306 e. The van der Waals surface area contributed by atoms with Gasteiger partial charge in [-0.2, -0.15) is 0 Å². The van der Waals surface area contributed by atoms with Gasteiger partial charge in [-0.1, -0.05) is 0 Å². The van der Waals surface area contributed by atoms with E-state index in [1.807, 2.05) is 0 Å². The summed E-state index contributed by atoms with van der Waals surface area (Å²) in [6.45, 7) is 14.9. The van der Waals surface area contributed by atoms with Crippen LogP contribution in [0.5, 0.6) is 0 Å². The predicted octanol–water partition coefficient (Wildman–Crippen LogP) is 0.233. The van der Waals surface area contributed by atoms with Gasteiger partial charge in [0.2, 0.25) is 11.8 Å². The molecule has 57 heavy (non-hydrogen) atoms. The molecule has 0 radical (unpaired) electrons. The number of carbonyl (C=O) groups excluding carboxylic acids is 3. The summed E-state index contributed by atoms with van der Waals surface area (Å²) in [7, 11) is 1.64. The molecule has 0 bridgehead atoms. The van der Waals surface area contributed by atoms with Crippen LogP contribution in [-0.2, 0) is 76.0 Å². The van der Waals surface area contributed by atoms with Gasteiger partial charge in [0.25, 0.3) is 0 Å². The number of hydrogen-bond donors (Lipinski definition) is 2. The lowest BCUT2D eigenvalue weighted by Crippen LogP contribution is -2.36. The van der Waals surface area contributed by atoms with Gasteiger partial charge in [-0.25, -0.2) is 0 Å². The number of nitrogens with two attached hydrogens (primary N) is 1. The Morgan fingerprint density at radius 3 is 1.18 bits per heavy atom. The number of amides is 2. The van der Waals surface area contributed by atoms with Crippen molar-refractivity contribution in [1.29, 1.82) is 0 Å². The highest BCUT2D eigenvalue weighted by molar-refractivity contribution is 5.81. The smallest absolute Gasteiger partial charge is 0.306 e. The maximum absolute atomic E-state index is 12.5. The zero-order chi connectivity index (χ0) is 41.5. The fourth-order valence-electron chi connectivity index (χ4n) is 4.44. The first-order valence-electron chi connectivity index (χ1n) is 20.3. The Bertz CT molecular complexity index is 880. The van der Waals surface area contributed by atoms with E-state index in [-0.39, 0.29) is 50.3 Å². The fraction of sp³-hybridized carbons (Fsp3) is 0.921. The number of methoxy groups -OCH3 is 1. The molecule has 0 aromatic carbocycles. The van der Waals surface area contributed by atoms with Crippen LogP contribution in [0.3, 0.4) is 0 Å². The van der Waals surface area contributed by atoms with Crippen LogP contribution in [-0.4, -0.2) is 215 Å². The summed E-state index contributed by atoms with van der Waals surface area (Å²) in [6, 6.07) is 0. The van der Waals surface area contributed by atoms with Gasteiger partial charge in [0, 0.05) is 39.6 Å². The van der Waals surface area contributed by atoms with E-state index >= 15 is 0 Å². The third-order valence-electron chi connectivity index (χ3n) is 7.39. The summed E-state index contributed by atoms with van der Waals surface area (Å²) in [5.41, 5.74) is 5.59. The molecule has 19 nitrogen and oxygen atoms in total. The van der Waals surface area contributed by atoms with E-state index in [9.17, 15) is 14.4 Å². The second-order valence-electron chi connectivity index (χ2n) is 12.0. The van der Waals surface area contributed by atoms with Crippen molar-refractivity contribution in [1.82, 2.24) is 10.2 Å². The molecule has 0 aliphatic rings. The third-order valence-corrected chi connectivity index (χ3v) is 7.39. The Hall–Kier alpha value is -2.11. The van der Waals surface area contributed by atoms with Gasteiger partial charge in [-0.15, -0.1) is 0 Å². The van der Waals surface area contributed by atoms with Gasteiger partial charge in [0.15, 0.2) is 0 Å². The van der Waals surface area contributed by atoms with Crippen molar-refractivity contribution >= 4 is 17.8 Å².